The molecular weight excluding hydrogens is 506 g/mol. The van der Waals surface area contributed by atoms with Gasteiger partial charge in [0.2, 0.25) is 0 Å². The predicted molar refractivity (Wildman–Crippen MR) is 146 cm³/mol. The summed E-state index contributed by atoms with van der Waals surface area (Å²) in [5.41, 5.74) is 4.37. The first kappa shape index (κ1) is 28.5. The van der Waals surface area contributed by atoms with Gasteiger partial charge in [0.05, 0.1) is 18.3 Å². The van der Waals surface area contributed by atoms with Gasteiger partial charge in [-0.2, -0.15) is 4.98 Å². The van der Waals surface area contributed by atoms with E-state index in [1.165, 1.54) is 12.4 Å². The van der Waals surface area contributed by atoms with E-state index in [-0.39, 0.29) is 24.3 Å². The van der Waals surface area contributed by atoms with Gasteiger partial charge in [-0.15, -0.1) is 0 Å². The lowest BCUT2D eigenvalue weighted by Crippen LogP contribution is -2.50. The van der Waals surface area contributed by atoms with Crippen molar-refractivity contribution in [3.8, 4) is 0 Å². The van der Waals surface area contributed by atoms with Gasteiger partial charge >= 0.3 is 11.9 Å². The summed E-state index contributed by atoms with van der Waals surface area (Å²) in [6, 6.07) is 1.22. The van der Waals surface area contributed by atoms with Crippen LogP contribution >= 0.6 is 0 Å². The molecule has 39 heavy (non-hydrogen) atoms. The van der Waals surface area contributed by atoms with Crippen molar-refractivity contribution < 1.29 is 28.9 Å². The number of aliphatic hydroxyl groups excluding tert-OH is 1. The van der Waals surface area contributed by atoms with Crippen LogP contribution in [0.1, 0.15) is 78.4 Å². The van der Waals surface area contributed by atoms with E-state index in [1.807, 2.05) is 13.8 Å². The van der Waals surface area contributed by atoms with Gasteiger partial charge in [0, 0.05) is 36.2 Å². The van der Waals surface area contributed by atoms with Crippen LogP contribution in [0.15, 0.2) is 22.1 Å². The molecule has 12 heteroatoms. The minimum absolute atomic E-state index is 0.182. The van der Waals surface area contributed by atoms with Gasteiger partial charge in [0.1, 0.15) is 17.7 Å². The maximum absolute atomic E-state index is 13.0. The van der Waals surface area contributed by atoms with Gasteiger partial charge in [0.15, 0.2) is 17.9 Å². The number of unbranched alkanes of at least 4 members (excludes halogenated alkanes) is 4. The van der Waals surface area contributed by atoms with Crippen LogP contribution in [-0.2, 0) is 23.8 Å². The number of aliphatic hydroxyl groups is 1. The predicted octanol–water partition coefficient (Wildman–Crippen LogP) is 3.33. The average Bonchev–Trinajstić information content (AvgIpc) is 3.36. The highest BCUT2D eigenvalue weighted by atomic mass is 16.7. The molecule has 0 saturated carbocycles. The molecule has 0 bridgehead atoms. The van der Waals surface area contributed by atoms with Crippen molar-refractivity contribution in [2.75, 3.05) is 17.7 Å². The molecule has 4 heterocycles. The number of rotatable bonds is 12. The number of nitrogens with two attached hydrogens (primary N) is 1. The molecule has 2 aromatic heterocycles. The molecule has 12 nitrogen and oxygen atoms in total. The minimum Gasteiger partial charge on any atom is -0.455 e. The van der Waals surface area contributed by atoms with Crippen molar-refractivity contribution in [2.24, 2.45) is 4.99 Å². The Labute approximate surface area is 226 Å². The highest BCUT2D eigenvalue weighted by molar-refractivity contribution is 6.10. The lowest BCUT2D eigenvalue weighted by molar-refractivity contribution is -0.187. The van der Waals surface area contributed by atoms with Crippen LogP contribution in [0.4, 0.5) is 17.3 Å². The van der Waals surface area contributed by atoms with E-state index < -0.39 is 48.1 Å². The number of nitrogen functional groups attached to an aromatic ring is 1. The molecule has 2 aliphatic rings. The number of ether oxygens (including phenoxy) is 3. The van der Waals surface area contributed by atoms with E-state index in [0.29, 0.717) is 29.4 Å². The monoisotopic (exact) mass is 543 g/mol. The Hall–Kier alpha value is -3.51. The largest absolute Gasteiger partial charge is 0.455 e. The molecule has 4 N–H and O–H groups in total. The summed E-state index contributed by atoms with van der Waals surface area (Å²) < 4.78 is 19.8. The molecule has 212 valence electrons. The molecule has 0 aromatic carbocycles. The molecule has 0 spiro atoms. The number of nitrogens with zero attached hydrogens (tertiary/aromatic N) is 3. The first-order chi connectivity index (χ1) is 18.7. The Morgan fingerprint density at radius 3 is 2.54 bits per heavy atom. The molecule has 2 aliphatic heterocycles. The number of esters is 2. The summed E-state index contributed by atoms with van der Waals surface area (Å²) in [4.78, 5) is 46.5. The van der Waals surface area contributed by atoms with E-state index in [4.69, 9.17) is 19.9 Å². The molecule has 2 aromatic rings. The number of anilines is 2. The van der Waals surface area contributed by atoms with E-state index in [9.17, 15) is 19.5 Å². The van der Waals surface area contributed by atoms with Gasteiger partial charge < -0.3 is 34.9 Å². The SMILES string of the molecule is CCCCCC(=O)O[C@@H]1[C@@H](CO)O[C@@H](n2cc3c(N)cc(=O)nc4c3c2N=CN4)[C@]1(C)OC(=O)CCCCC. The minimum atomic E-state index is -1.52. The van der Waals surface area contributed by atoms with Crippen LogP contribution in [0.5, 0.6) is 0 Å². The van der Waals surface area contributed by atoms with Gasteiger partial charge in [-0.1, -0.05) is 39.5 Å². The third kappa shape index (κ3) is 5.76. The standard InChI is InChI=1S/C27H37N5O7/c1-4-6-8-10-20(35)38-23-18(14-33)37-26(27(23,3)39-21(36)11-9-7-5-2)32-13-16-17(28)12-19(34)31-24-22(16)25(32)30-15-29-24/h12-13,15,18,23,26,33H,4-11,14,28H2,1-3H3,(H,29,30,31,34)/t18-,23-,26-,27-/m1/s1. The Balaban J connectivity index is 1.78. The molecule has 4 atom stereocenters. The number of nitrogens with one attached hydrogen (secondary N) is 1. The zero-order valence-corrected chi connectivity index (χ0v) is 22.6. The van der Waals surface area contributed by atoms with Gasteiger partial charge in [-0.05, 0) is 19.8 Å². The third-order valence-electron chi connectivity index (χ3n) is 7.13. The molecule has 0 unspecified atom stereocenters. The third-order valence-corrected chi connectivity index (χ3v) is 7.13. The van der Waals surface area contributed by atoms with Crippen LogP contribution in [0.2, 0.25) is 0 Å². The maximum atomic E-state index is 13.0. The van der Waals surface area contributed by atoms with E-state index in [2.05, 4.69) is 15.3 Å². The van der Waals surface area contributed by atoms with Crippen molar-refractivity contribution in [1.29, 1.82) is 0 Å². The van der Waals surface area contributed by atoms with Crippen LogP contribution in [-0.4, -0.2) is 57.4 Å². The Bertz CT molecular complexity index is 1310. The first-order valence-corrected chi connectivity index (χ1v) is 13.6. The summed E-state index contributed by atoms with van der Waals surface area (Å²) in [6.07, 6.45) is 5.23. The summed E-state index contributed by atoms with van der Waals surface area (Å²) >= 11 is 0. The van der Waals surface area contributed by atoms with Crippen LogP contribution in [0, 0.1) is 0 Å². The zero-order chi connectivity index (χ0) is 28.2. The van der Waals surface area contributed by atoms with Crippen molar-refractivity contribution in [1.82, 2.24) is 9.55 Å². The molecule has 0 aliphatic carbocycles. The fraction of sp³-hybridized carbons (Fsp3) is 0.593. The first-order valence-electron chi connectivity index (χ1n) is 13.6. The highest BCUT2D eigenvalue weighted by Crippen LogP contribution is 2.48. The second-order valence-electron chi connectivity index (χ2n) is 10.1. The highest BCUT2D eigenvalue weighted by Gasteiger charge is 2.60. The molecule has 0 amide bonds. The van der Waals surface area contributed by atoms with Crippen LogP contribution in [0.25, 0.3) is 10.8 Å². The second-order valence-corrected chi connectivity index (χ2v) is 10.1. The Kier molecular flexibility index (Phi) is 8.86. The quantitative estimate of drug-likeness (QED) is 0.267. The van der Waals surface area contributed by atoms with E-state index >= 15 is 0 Å². The maximum Gasteiger partial charge on any atom is 0.306 e. The number of aliphatic imine (C=N–C) groups is 1. The Morgan fingerprint density at radius 2 is 1.87 bits per heavy atom. The zero-order valence-electron chi connectivity index (χ0n) is 22.6. The summed E-state index contributed by atoms with van der Waals surface area (Å²) in [6.45, 7) is 5.23. The summed E-state index contributed by atoms with van der Waals surface area (Å²) in [5.74, 6) is -0.302. The summed E-state index contributed by atoms with van der Waals surface area (Å²) in [5, 5.41) is 14.1. The second kappa shape index (κ2) is 12.1. The molecule has 4 rings (SSSR count). The smallest absolute Gasteiger partial charge is 0.306 e. The lowest BCUT2D eigenvalue weighted by atomic mass is 9.95. The molecule has 1 fully saturated rings. The van der Waals surface area contributed by atoms with E-state index in [1.54, 1.807) is 17.7 Å². The van der Waals surface area contributed by atoms with Crippen molar-refractivity contribution in [3.05, 3.63) is 22.6 Å². The van der Waals surface area contributed by atoms with Gasteiger partial charge in [0.25, 0.3) is 5.56 Å². The molecule has 1 saturated heterocycles. The van der Waals surface area contributed by atoms with Crippen molar-refractivity contribution in [3.63, 3.8) is 0 Å². The topological polar surface area (TPSA) is 167 Å². The van der Waals surface area contributed by atoms with Gasteiger partial charge in [-0.3, -0.25) is 14.4 Å². The fourth-order valence-corrected chi connectivity index (χ4v) is 5.14. The van der Waals surface area contributed by atoms with Crippen LogP contribution in [0.3, 0.4) is 0 Å². The van der Waals surface area contributed by atoms with E-state index in [0.717, 1.165) is 25.7 Å². The summed E-state index contributed by atoms with van der Waals surface area (Å²) in [7, 11) is 0. The number of carbonyl (C=O) groups is 2. The Morgan fingerprint density at radius 1 is 1.18 bits per heavy atom. The van der Waals surface area contributed by atoms with Crippen molar-refractivity contribution in [2.45, 2.75) is 96.2 Å². The van der Waals surface area contributed by atoms with Crippen LogP contribution < -0.4 is 16.6 Å². The molecule has 0 radical (unpaired) electrons. The number of hydrogen-bond donors (Lipinski definition) is 3. The van der Waals surface area contributed by atoms with Gasteiger partial charge in [-0.25, -0.2) is 4.99 Å². The number of hydrogen-bond acceptors (Lipinski definition) is 11. The lowest BCUT2D eigenvalue weighted by Gasteiger charge is -2.35. The average molecular weight is 544 g/mol. The van der Waals surface area contributed by atoms with Crippen molar-refractivity contribution >= 4 is 46.4 Å². The normalized spacial score (nSPS) is 23.5. The fourth-order valence-electron chi connectivity index (χ4n) is 5.14. The molecular formula is C27H37N5O7. The number of aromatic nitrogens is 2. The number of carbonyl (C=O) groups excluding carboxylic acids is 2.